The van der Waals surface area contributed by atoms with Gasteiger partial charge in [-0.25, -0.2) is 4.79 Å². The van der Waals surface area contributed by atoms with Crippen LogP contribution in [-0.2, 0) is 10.3 Å². The van der Waals surface area contributed by atoms with Gasteiger partial charge in [0.15, 0.2) is 0 Å². The average molecular weight is 452 g/mol. The SMILES string of the molecule is C=Cc1ccc(C2(O)CC3CCC(C2)N3C(=O)OCC2c3ccccc3-c3ccccc32)cc1. The van der Waals surface area contributed by atoms with Crippen LogP contribution in [0.4, 0.5) is 4.79 Å². The van der Waals surface area contributed by atoms with E-state index in [0.29, 0.717) is 19.4 Å². The number of hydrogen-bond donors (Lipinski definition) is 1. The van der Waals surface area contributed by atoms with Crippen LogP contribution in [-0.4, -0.2) is 34.8 Å². The summed E-state index contributed by atoms with van der Waals surface area (Å²) in [6, 6.07) is 24.7. The number of fused-ring (bicyclic) bond motifs is 5. The molecule has 34 heavy (non-hydrogen) atoms. The van der Waals surface area contributed by atoms with Crippen molar-refractivity contribution in [2.24, 2.45) is 0 Å². The molecule has 1 aliphatic carbocycles. The largest absolute Gasteiger partial charge is 0.448 e. The van der Waals surface area contributed by atoms with Crippen LogP contribution in [0.3, 0.4) is 0 Å². The Kier molecular flexibility index (Phi) is 5.07. The first-order chi connectivity index (χ1) is 16.6. The summed E-state index contributed by atoms with van der Waals surface area (Å²) in [5.41, 5.74) is 5.93. The molecule has 3 aromatic carbocycles. The van der Waals surface area contributed by atoms with Gasteiger partial charge in [0.25, 0.3) is 0 Å². The third kappa shape index (κ3) is 3.36. The van der Waals surface area contributed by atoms with E-state index >= 15 is 0 Å². The number of rotatable bonds is 4. The molecule has 1 N–H and O–H groups in total. The number of aliphatic hydroxyl groups is 1. The predicted molar refractivity (Wildman–Crippen MR) is 133 cm³/mol. The number of nitrogens with zero attached hydrogens (tertiary/aromatic N) is 1. The van der Waals surface area contributed by atoms with Crippen molar-refractivity contribution in [2.45, 2.75) is 49.3 Å². The van der Waals surface area contributed by atoms with E-state index in [1.807, 2.05) is 41.3 Å². The summed E-state index contributed by atoms with van der Waals surface area (Å²) in [6.45, 7) is 4.13. The minimum absolute atomic E-state index is 0.00141. The average Bonchev–Trinajstić information content (AvgIpc) is 3.34. The van der Waals surface area contributed by atoms with Gasteiger partial charge < -0.3 is 14.7 Å². The highest BCUT2D eigenvalue weighted by atomic mass is 16.6. The Labute approximate surface area is 200 Å². The summed E-state index contributed by atoms with van der Waals surface area (Å²) in [7, 11) is 0. The third-order valence-electron chi connectivity index (χ3n) is 8.00. The second kappa shape index (κ2) is 8.14. The molecule has 3 aliphatic rings. The van der Waals surface area contributed by atoms with Crippen LogP contribution in [0, 0.1) is 0 Å². The molecule has 2 saturated heterocycles. The lowest BCUT2D eigenvalue weighted by atomic mass is 9.80. The van der Waals surface area contributed by atoms with Crippen LogP contribution in [0.25, 0.3) is 17.2 Å². The molecule has 2 bridgehead atoms. The number of benzene rings is 3. The molecule has 2 heterocycles. The van der Waals surface area contributed by atoms with Crippen molar-refractivity contribution in [3.8, 4) is 11.1 Å². The van der Waals surface area contributed by atoms with E-state index in [1.165, 1.54) is 22.3 Å². The molecule has 2 atom stereocenters. The van der Waals surface area contributed by atoms with Crippen molar-refractivity contribution in [1.29, 1.82) is 0 Å². The Morgan fingerprint density at radius 3 is 2.06 bits per heavy atom. The lowest BCUT2D eigenvalue weighted by molar-refractivity contribution is -0.0531. The number of hydrogen-bond acceptors (Lipinski definition) is 3. The van der Waals surface area contributed by atoms with E-state index in [2.05, 4.69) is 43.0 Å². The van der Waals surface area contributed by atoms with Gasteiger partial charge in [-0.1, -0.05) is 85.5 Å². The number of ether oxygens (including phenoxy) is 1. The molecule has 0 spiro atoms. The first-order valence-corrected chi connectivity index (χ1v) is 12.2. The Morgan fingerprint density at radius 1 is 0.941 bits per heavy atom. The lowest BCUT2D eigenvalue weighted by Crippen LogP contribution is -2.52. The summed E-state index contributed by atoms with van der Waals surface area (Å²) >= 11 is 0. The normalized spacial score (nSPS) is 25.0. The highest BCUT2D eigenvalue weighted by molar-refractivity contribution is 5.79. The molecular formula is C30H29NO3. The minimum atomic E-state index is -0.911. The Balaban J connectivity index is 1.18. The minimum Gasteiger partial charge on any atom is -0.448 e. The van der Waals surface area contributed by atoms with E-state index in [-0.39, 0.29) is 24.1 Å². The molecule has 2 unspecified atom stereocenters. The molecule has 2 fully saturated rings. The number of carbonyl (C=O) groups is 1. The molecule has 0 saturated carbocycles. The zero-order valence-corrected chi connectivity index (χ0v) is 19.2. The summed E-state index contributed by atoms with van der Waals surface area (Å²) in [5, 5.41) is 11.5. The second-order valence-electron chi connectivity index (χ2n) is 9.86. The van der Waals surface area contributed by atoms with Crippen molar-refractivity contribution >= 4 is 12.2 Å². The summed E-state index contributed by atoms with van der Waals surface area (Å²) in [5.74, 6) is 0.0547. The monoisotopic (exact) mass is 451 g/mol. The smallest absolute Gasteiger partial charge is 0.410 e. The molecule has 6 rings (SSSR count). The van der Waals surface area contributed by atoms with Crippen LogP contribution in [0.1, 0.15) is 53.9 Å². The zero-order chi connectivity index (χ0) is 23.3. The predicted octanol–water partition coefficient (Wildman–Crippen LogP) is 6.09. The fourth-order valence-corrected chi connectivity index (χ4v) is 6.36. The van der Waals surface area contributed by atoms with Crippen molar-refractivity contribution in [1.82, 2.24) is 4.90 Å². The second-order valence-corrected chi connectivity index (χ2v) is 9.86. The zero-order valence-electron chi connectivity index (χ0n) is 19.2. The topological polar surface area (TPSA) is 49.8 Å². The van der Waals surface area contributed by atoms with Crippen LogP contribution >= 0.6 is 0 Å². The van der Waals surface area contributed by atoms with Gasteiger partial charge in [-0.3, -0.25) is 0 Å². The van der Waals surface area contributed by atoms with E-state index in [1.54, 1.807) is 6.08 Å². The van der Waals surface area contributed by atoms with Crippen molar-refractivity contribution in [3.05, 3.63) is 102 Å². The first-order valence-electron chi connectivity index (χ1n) is 12.2. The van der Waals surface area contributed by atoms with Crippen LogP contribution in [0.2, 0.25) is 0 Å². The van der Waals surface area contributed by atoms with E-state index < -0.39 is 5.60 Å². The third-order valence-corrected chi connectivity index (χ3v) is 8.00. The van der Waals surface area contributed by atoms with Gasteiger partial charge in [-0.05, 0) is 46.2 Å². The Hall–Kier alpha value is -3.37. The maximum atomic E-state index is 13.3. The first kappa shape index (κ1) is 21.2. The number of carbonyl (C=O) groups excluding carboxylic acids is 1. The van der Waals surface area contributed by atoms with Crippen molar-refractivity contribution < 1.29 is 14.6 Å². The molecule has 2 aliphatic heterocycles. The van der Waals surface area contributed by atoms with Gasteiger partial charge in [-0.15, -0.1) is 0 Å². The van der Waals surface area contributed by atoms with Crippen LogP contribution in [0.15, 0.2) is 79.4 Å². The Bertz CT molecular complexity index is 1190. The molecule has 4 nitrogen and oxygen atoms in total. The number of piperidine rings is 1. The highest BCUT2D eigenvalue weighted by Gasteiger charge is 2.50. The van der Waals surface area contributed by atoms with Gasteiger partial charge >= 0.3 is 6.09 Å². The van der Waals surface area contributed by atoms with Gasteiger partial charge in [0, 0.05) is 30.8 Å². The molecule has 1 amide bonds. The van der Waals surface area contributed by atoms with Gasteiger partial charge in [-0.2, -0.15) is 0 Å². The van der Waals surface area contributed by atoms with Crippen LogP contribution < -0.4 is 0 Å². The van der Waals surface area contributed by atoms with Gasteiger partial charge in [0.1, 0.15) is 6.61 Å². The highest BCUT2D eigenvalue weighted by Crippen LogP contribution is 2.47. The standard InChI is InChI=1S/C30H29NO3/c1-2-20-11-13-21(14-12-20)30(33)17-22-15-16-23(18-30)31(22)29(32)34-19-28-26-9-5-3-7-24(26)25-8-4-6-10-27(25)28/h2-14,22-23,28,33H,1,15-19H2. The van der Waals surface area contributed by atoms with Crippen molar-refractivity contribution in [2.75, 3.05) is 6.61 Å². The molecule has 0 aromatic heterocycles. The van der Waals surface area contributed by atoms with Crippen LogP contribution in [0.5, 0.6) is 0 Å². The molecule has 3 aromatic rings. The molecule has 4 heteroatoms. The maximum absolute atomic E-state index is 13.3. The molecular weight excluding hydrogens is 422 g/mol. The van der Waals surface area contributed by atoms with Gasteiger partial charge in [0.2, 0.25) is 0 Å². The molecule has 0 radical (unpaired) electrons. The maximum Gasteiger partial charge on any atom is 0.410 e. The quantitative estimate of drug-likeness (QED) is 0.522. The summed E-state index contributed by atoms with van der Waals surface area (Å²) < 4.78 is 5.96. The summed E-state index contributed by atoms with van der Waals surface area (Å²) in [4.78, 5) is 15.2. The van der Waals surface area contributed by atoms with E-state index in [0.717, 1.165) is 24.0 Å². The molecule has 172 valence electrons. The lowest BCUT2D eigenvalue weighted by Gasteiger charge is -2.43. The fraction of sp³-hybridized carbons (Fsp3) is 0.300. The van der Waals surface area contributed by atoms with Crippen molar-refractivity contribution in [3.63, 3.8) is 0 Å². The van der Waals surface area contributed by atoms with Gasteiger partial charge in [0.05, 0.1) is 5.60 Å². The fourth-order valence-electron chi connectivity index (χ4n) is 6.36. The summed E-state index contributed by atoms with van der Waals surface area (Å²) in [6.07, 6.45) is 4.45. The van der Waals surface area contributed by atoms with E-state index in [4.69, 9.17) is 4.74 Å². The van der Waals surface area contributed by atoms with E-state index in [9.17, 15) is 9.90 Å². The Morgan fingerprint density at radius 2 is 1.50 bits per heavy atom. The number of amides is 1.